The minimum absolute atomic E-state index is 0. The second kappa shape index (κ2) is 10.1. The topological polar surface area (TPSA) is 50.0 Å². The molecule has 0 saturated carbocycles. The largest absolute Gasteiger partial charge is 0.494 e. The quantitative estimate of drug-likeness (QED) is 0.434. The van der Waals surface area contributed by atoms with Crippen molar-refractivity contribution >= 4 is 29.9 Å². The Morgan fingerprint density at radius 1 is 1.26 bits per heavy atom. The van der Waals surface area contributed by atoms with E-state index in [4.69, 9.17) is 9.15 Å². The molecule has 1 aromatic carbocycles. The number of hydrogen-bond donors (Lipinski definition) is 1. The van der Waals surface area contributed by atoms with Gasteiger partial charge in [-0.15, -0.1) is 24.0 Å². The molecule has 0 saturated heterocycles. The fourth-order valence-corrected chi connectivity index (χ4v) is 2.17. The second-order valence-electron chi connectivity index (χ2n) is 4.91. The first-order valence-corrected chi connectivity index (χ1v) is 7.38. The summed E-state index contributed by atoms with van der Waals surface area (Å²) in [6.07, 6.45) is 1.67. The fraction of sp³-hybridized carbons (Fsp3) is 0.353. The summed E-state index contributed by atoms with van der Waals surface area (Å²) >= 11 is 0. The molecule has 2 aromatic rings. The van der Waals surface area contributed by atoms with E-state index in [2.05, 4.69) is 27.3 Å². The lowest BCUT2D eigenvalue weighted by molar-refractivity contribution is 0.340. The van der Waals surface area contributed by atoms with Gasteiger partial charge in [-0.3, -0.25) is 4.99 Å². The van der Waals surface area contributed by atoms with Crippen LogP contribution in [0.3, 0.4) is 0 Å². The van der Waals surface area contributed by atoms with Gasteiger partial charge in [-0.2, -0.15) is 0 Å². The van der Waals surface area contributed by atoms with Crippen LogP contribution in [0.25, 0.3) is 0 Å². The van der Waals surface area contributed by atoms with Gasteiger partial charge in [-0.1, -0.05) is 12.1 Å². The molecule has 0 spiro atoms. The summed E-state index contributed by atoms with van der Waals surface area (Å²) in [7, 11) is 3.78. The first kappa shape index (κ1) is 19.3. The van der Waals surface area contributed by atoms with Crippen molar-refractivity contribution in [1.82, 2.24) is 10.2 Å². The van der Waals surface area contributed by atoms with Crippen molar-refractivity contribution < 1.29 is 9.15 Å². The van der Waals surface area contributed by atoms with Crippen LogP contribution in [0.15, 0.2) is 52.1 Å². The molecule has 0 radical (unpaired) electrons. The van der Waals surface area contributed by atoms with Crippen molar-refractivity contribution in [1.29, 1.82) is 0 Å². The van der Waals surface area contributed by atoms with Crippen LogP contribution in [0.5, 0.6) is 5.75 Å². The van der Waals surface area contributed by atoms with Gasteiger partial charge in [-0.25, -0.2) is 0 Å². The zero-order valence-electron chi connectivity index (χ0n) is 13.8. The monoisotopic (exact) mass is 429 g/mol. The zero-order valence-corrected chi connectivity index (χ0v) is 16.1. The molecule has 0 aliphatic carbocycles. The molecule has 0 amide bonds. The summed E-state index contributed by atoms with van der Waals surface area (Å²) in [4.78, 5) is 6.36. The van der Waals surface area contributed by atoms with E-state index in [-0.39, 0.29) is 24.0 Å². The third-order valence-corrected chi connectivity index (χ3v) is 3.23. The minimum Gasteiger partial charge on any atom is -0.494 e. The van der Waals surface area contributed by atoms with Crippen LogP contribution < -0.4 is 10.1 Å². The summed E-state index contributed by atoms with van der Waals surface area (Å²) in [6, 6.07) is 11.9. The number of ether oxygens (including phenoxy) is 1. The molecule has 5 nitrogen and oxygen atoms in total. The van der Waals surface area contributed by atoms with E-state index in [0.29, 0.717) is 13.2 Å². The lowest BCUT2D eigenvalue weighted by atomic mass is 10.2. The highest BCUT2D eigenvalue weighted by Gasteiger charge is 2.07. The molecule has 2 rings (SSSR count). The van der Waals surface area contributed by atoms with Gasteiger partial charge in [0, 0.05) is 20.6 Å². The Morgan fingerprint density at radius 2 is 2.00 bits per heavy atom. The Bertz CT molecular complexity index is 582. The van der Waals surface area contributed by atoms with E-state index >= 15 is 0 Å². The van der Waals surface area contributed by atoms with Crippen molar-refractivity contribution in [3.8, 4) is 5.75 Å². The maximum atomic E-state index is 5.45. The molecule has 1 N–H and O–H groups in total. The van der Waals surface area contributed by atoms with Gasteiger partial charge in [0.1, 0.15) is 11.5 Å². The third kappa shape index (κ3) is 6.13. The van der Waals surface area contributed by atoms with Gasteiger partial charge >= 0.3 is 0 Å². The van der Waals surface area contributed by atoms with E-state index in [0.717, 1.165) is 24.0 Å². The number of nitrogens with zero attached hydrogens (tertiary/aromatic N) is 2. The maximum absolute atomic E-state index is 5.45. The van der Waals surface area contributed by atoms with E-state index in [1.165, 1.54) is 5.56 Å². The Balaban J connectivity index is 0.00000264. The van der Waals surface area contributed by atoms with Crippen LogP contribution in [-0.4, -0.2) is 31.6 Å². The molecular weight excluding hydrogens is 405 g/mol. The van der Waals surface area contributed by atoms with Crippen LogP contribution >= 0.6 is 24.0 Å². The highest BCUT2D eigenvalue weighted by molar-refractivity contribution is 14.0. The highest BCUT2D eigenvalue weighted by atomic mass is 127. The molecular formula is C17H24IN3O2. The minimum atomic E-state index is 0. The van der Waals surface area contributed by atoms with Crippen molar-refractivity contribution in [2.75, 3.05) is 20.7 Å². The maximum Gasteiger partial charge on any atom is 0.194 e. The van der Waals surface area contributed by atoms with Gasteiger partial charge in [0.05, 0.1) is 19.4 Å². The zero-order chi connectivity index (χ0) is 15.8. The molecule has 6 heteroatoms. The number of guanidine groups is 1. The lowest BCUT2D eigenvalue weighted by Gasteiger charge is -2.22. The predicted molar refractivity (Wildman–Crippen MR) is 103 cm³/mol. The molecule has 0 aliphatic heterocycles. The summed E-state index contributed by atoms with van der Waals surface area (Å²) in [5.41, 5.74) is 1.20. The average Bonchev–Trinajstić information content (AvgIpc) is 3.03. The van der Waals surface area contributed by atoms with Gasteiger partial charge in [-0.05, 0) is 36.8 Å². The Labute approximate surface area is 154 Å². The van der Waals surface area contributed by atoms with E-state index in [9.17, 15) is 0 Å². The van der Waals surface area contributed by atoms with Gasteiger partial charge in [0.15, 0.2) is 5.96 Å². The number of hydrogen-bond acceptors (Lipinski definition) is 3. The fourth-order valence-electron chi connectivity index (χ4n) is 2.17. The molecule has 0 fully saturated rings. The highest BCUT2D eigenvalue weighted by Crippen LogP contribution is 2.13. The second-order valence-corrected chi connectivity index (χ2v) is 4.91. The van der Waals surface area contributed by atoms with E-state index in [1.807, 2.05) is 38.2 Å². The van der Waals surface area contributed by atoms with E-state index < -0.39 is 0 Å². The van der Waals surface area contributed by atoms with Crippen LogP contribution in [-0.2, 0) is 13.1 Å². The van der Waals surface area contributed by atoms with Crippen molar-refractivity contribution in [2.45, 2.75) is 20.0 Å². The summed E-state index contributed by atoms with van der Waals surface area (Å²) in [5, 5.41) is 3.28. The molecule has 0 bridgehead atoms. The Hall–Kier alpha value is -1.70. The summed E-state index contributed by atoms with van der Waals surface area (Å²) < 4.78 is 10.8. The Kier molecular flexibility index (Phi) is 8.53. The first-order chi connectivity index (χ1) is 10.7. The van der Waals surface area contributed by atoms with Crippen molar-refractivity contribution in [3.63, 3.8) is 0 Å². The molecule has 1 heterocycles. The number of furan rings is 1. The smallest absolute Gasteiger partial charge is 0.194 e. The standard InChI is InChI=1S/C17H23N3O2.HI/c1-4-21-15-9-7-14(8-10-15)13-20(3)17(18-2)19-12-16-6-5-11-22-16;/h5-11H,4,12-13H2,1-3H3,(H,18,19);1H. The van der Waals surface area contributed by atoms with Crippen LogP contribution in [0.4, 0.5) is 0 Å². The average molecular weight is 429 g/mol. The number of nitrogens with one attached hydrogen (secondary N) is 1. The molecule has 0 atom stereocenters. The molecule has 0 aliphatic rings. The van der Waals surface area contributed by atoms with E-state index in [1.54, 1.807) is 13.3 Å². The number of benzene rings is 1. The van der Waals surface area contributed by atoms with Crippen LogP contribution in [0, 0.1) is 0 Å². The van der Waals surface area contributed by atoms with Gasteiger partial charge in [0.25, 0.3) is 0 Å². The third-order valence-electron chi connectivity index (χ3n) is 3.23. The van der Waals surface area contributed by atoms with Crippen molar-refractivity contribution in [3.05, 3.63) is 54.0 Å². The van der Waals surface area contributed by atoms with Crippen molar-refractivity contribution in [2.24, 2.45) is 4.99 Å². The lowest BCUT2D eigenvalue weighted by Crippen LogP contribution is -2.37. The molecule has 1 aromatic heterocycles. The normalized spacial score (nSPS) is 10.8. The van der Waals surface area contributed by atoms with Gasteiger partial charge in [0.2, 0.25) is 0 Å². The molecule has 23 heavy (non-hydrogen) atoms. The molecule has 0 unspecified atom stereocenters. The SMILES string of the molecule is CCOc1ccc(CN(C)C(=NC)NCc2ccco2)cc1.I. The summed E-state index contributed by atoms with van der Waals surface area (Å²) in [5.74, 6) is 2.61. The Morgan fingerprint density at radius 3 is 2.57 bits per heavy atom. The summed E-state index contributed by atoms with van der Waals surface area (Å²) in [6.45, 7) is 4.05. The number of rotatable bonds is 6. The number of aliphatic imine (C=N–C) groups is 1. The first-order valence-electron chi connectivity index (χ1n) is 7.38. The van der Waals surface area contributed by atoms with Gasteiger partial charge < -0.3 is 19.4 Å². The predicted octanol–water partition coefficient (Wildman–Crippen LogP) is 3.50. The van der Waals surface area contributed by atoms with Crippen LogP contribution in [0.2, 0.25) is 0 Å². The number of halogens is 1. The molecule has 126 valence electrons. The van der Waals surface area contributed by atoms with Crippen LogP contribution in [0.1, 0.15) is 18.2 Å².